The van der Waals surface area contributed by atoms with Crippen molar-refractivity contribution in [2.45, 2.75) is 30.5 Å². The van der Waals surface area contributed by atoms with E-state index in [-0.39, 0.29) is 0 Å². The molecule has 8 heavy (non-hydrogen) atoms. The molecule has 0 aromatic carbocycles. The van der Waals surface area contributed by atoms with E-state index in [4.69, 9.17) is 0 Å². The maximum atomic E-state index is 3.70. The Morgan fingerprint density at radius 1 is 1.12 bits per heavy atom. The van der Waals surface area contributed by atoms with E-state index in [1.807, 2.05) is 0 Å². The fourth-order valence-corrected chi connectivity index (χ4v) is 2.99. The molecule has 0 aromatic heterocycles. The van der Waals surface area contributed by atoms with Crippen LogP contribution in [0.15, 0.2) is 0 Å². The first-order valence-corrected chi connectivity index (χ1v) is 4.43. The maximum absolute atomic E-state index is 3.70. The molecule has 3 rings (SSSR count). The molecular formula is C7H11Br. The summed E-state index contributed by atoms with van der Waals surface area (Å²) in [5.41, 5.74) is 0. The zero-order valence-electron chi connectivity index (χ0n) is 4.94. The van der Waals surface area contributed by atoms with Gasteiger partial charge in [-0.1, -0.05) is 22.4 Å². The van der Waals surface area contributed by atoms with E-state index in [0.29, 0.717) is 0 Å². The van der Waals surface area contributed by atoms with E-state index in [1.165, 1.54) is 25.7 Å². The molecule has 2 bridgehead atoms. The monoisotopic (exact) mass is 174 g/mol. The number of halogens is 1. The van der Waals surface area contributed by atoms with Crippen LogP contribution in [-0.2, 0) is 0 Å². The molecule has 0 amide bonds. The Morgan fingerprint density at radius 3 is 2.00 bits per heavy atom. The smallest absolute Gasteiger partial charge is 0.0202 e. The molecule has 3 aliphatic rings. The van der Waals surface area contributed by atoms with Crippen LogP contribution in [0.1, 0.15) is 25.7 Å². The van der Waals surface area contributed by atoms with Crippen molar-refractivity contribution in [3.8, 4) is 0 Å². The molecule has 0 saturated heterocycles. The van der Waals surface area contributed by atoms with Gasteiger partial charge in [-0.15, -0.1) is 0 Å². The Labute approximate surface area is 58.8 Å². The van der Waals surface area contributed by atoms with Gasteiger partial charge in [0.1, 0.15) is 0 Å². The Bertz CT molecular complexity index is 86.6. The van der Waals surface area contributed by atoms with E-state index >= 15 is 0 Å². The highest BCUT2D eigenvalue weighted by Crippen LogP contribution is 2.49. The fraction of sp³-hybridized carbons (Fsp3) is 1.00. The third-order valence-corrected chi connectivity index (χ3v) is 4.15. The van der Waals surface area contributed by atoms with Crippen molar-refractivity contribution < 1.29 is 0 Å². The number of alkyl halides is 1. The summed E-state index contributed by atoms with van der Waals surface area (Å²) in [5, 5.41) is 0. The molecule has 1 heteroatoms. The number of hydrogen-bond donors (Lipinski definition) is 0. The summed E-state index contributed by atoms with van der Waals surface area (Å²) in [6.45, 7) is 0. The Balaban J connectivity index is 2.03. The molecule has 0 heterocycles. The van der Waals surface area contributed by atoms with E-state index in [0.717, 1.165) is 16.7 Å². The van der Waals surface area contributed by atoms with Crippen LogP contribution < -0.4 is 0 Å². The van der Waals surface area contributed by atoms with Crippen molar-refractivity contribution in [1.82, 2.24) is 0 Å². The predicted molar refractivity (Wildman–Crippen MR) is 38.2 cm³/mol. The van der Waals surface area contributed by atoms with Gasteiger partial charge in [0, 0.05) is 4.83 Å². The van der Waals surface area contributed by atoms with Crippen LogP contribution in [-0.4, -0.2) is 4.83 Å². The lowest BCUT2D eigenvalue weighted by atomic mass is 9.65. The molecule has 0 aromatic rings. The largest absolute Gasteiger partial charge is 0.0885 e. The SMILES string of the molecule is BrC1C2CCCC1C2. The Kier molecular flexibility index (Phi) is 1.14. The van der Waals surface area contributed by atoms with Crippen LogP contribution in [0.4, 0.5) is 0 Å². The zero-order valence-corrected chi connectivity index (χ0v) is 6.52. The third kappa shape index (κ3) is 0.570. The molecule has 2 atom stereocenters. The van der Waals surface area contributed by atoms with Gasteiger partial charge in [-0.25, -0.2) is 0 Å². The van der Waals surface area contributed by atoms with Crippen LogP contribution in [0.2, 0.25) is 0 Å². The second-order valence-corrected chi connectivity index (χ2v) is 4.19. The van der Waals surface area contributed by atoms with Crippen LogP contribution >= 0.6 is 15.9 Å². The minimum Gasteiger partial charge on any atom is -0.0885 e. The van der Waals surface area contributed by atoms with Crippen molar-refractivity contribution >= 4 is 15.9 Å². The summed E-state index contributed by atoms with van der Waals surface area (Å²) in [4.78, 5) is 0.913. The Morgan fingerprint density at radius 2 is 1.75 bits per heavy atom. The van der Waals surface area contributed by atoms with Gasteiger partial charge in [0.15, 0.2) is 0 Å². The summed E-state index contributed by atoms with van der Waals surface area (Å²) >= 11 is 3.70. The quantitative estimate of drug-likeness (QED) is 0.496. The minimum atomic E-state index is 0.913. The standard InChI is InChI=1S/C7H11Br/c8-7-5-2-1-3-6(7)4-5/h5-7H,1-4H2. The predicted octanol–water partition coefficient (Wildman–Crippen LogP) is 2.57. The van der Waals surface area contributed by atoms with Crippen molar-refractivity contribution in [3.05, 3.63) is 0 Å². The molecule has 46 valence electrons. The summed E-state index contributed by atoms with van der Waals surface area (Å²) < 4.78 is 0. The highest BCUT2D eigenvalue weighted by atomic mass is 79.9. The average Bonchev–Trinajstić information content (AvgIpc) is 1.89. The fourth-order valence-electron chi connectivity index (χ4n) is 2.03. The Hall–Kier alpha value is 0.480. The van der Waals surface area contributed by atoms with Gasteiger partial charge in [-0.2, -0.15) is 0 Å². The van der Waals surface area contributed by atoms with Crippen molar-refractivity contribution in [1.29, 1.82) is 0 Å². The highest BCUT2D eigenvalue weighted by Gasteiger charge is 2.41. The molecule has 0 aliphatic heterocycles. The molecular weight excluding hydrogens is 164 g/mol. The summed E-state index contributed by atoms with van der Waals surface area (Å²) in [7, 11) is 0. The average molecular weight is 175 g/mol. The van der Waals surface area contributed by atoms with E-state index in [1.54, 1.807) is 0 Å². The van der Waals surface area contributed by atoms with E-state index in [2.05, 4.69) is 15.9 Å². The summed E-state index contributed by atoms with van der Waals surface area (Å²) in [6, 6.07) is 0. The molecule has 0 N–H and O–H groups in total. The molecule has 0 nitrogen and oxygen atoms in total. The van der Waals surface area contributed by atoms with Crippen molar-refractivity contribution in [2.75, 3.05) is 0 Å². The molecule has 0 spiro atoms. The first-order chi connectivity index (χ1) is 3.88. The lowest BCUT2D eigenvalue weighted by molar-refractivity contribution is 0.133. The molecule has 3 aliphatic carbocycles. The van der Waals surface area contributed by atoms with Crippen molar-refractivity contribution in [3.63, 3.8) is 0 Å². The molecule has 3 saturated carbocycles. The highest BCUT2D eigenvalue weighted by molar-refractivity contribution is 9.09. The second kappa shape index (κ2) is 1.73. The van der Waals surface area contributed by atoms with Gasteiger partial charge in [0.05, 0.1) is 0 Å². The zero-order chi connectivity index (χ0) is 5.56. The number of hydrogen-bond acceptors (Lipinski definition) is 0. The summed E-state index contributed by atoms with van der Waals surface area (Å²) in [5.74, 6) is 2.13. The van der Waals surface area contributed by atoms with Gasteiger partial charge in [0.2, 0.25) is 0 Å². The van der Waals surface area contributed by atoms with Gasteiger partial charge >= 0.3 is 0 Å². The van der Waals surface area contributed by atoms with Crippen LogP contribution in [0.25, 0.3) is 0 Å². The van der Waals surface area contributed by atoms with Crippen molar-refractivity contribution in [2.24, 2.45) is 11.8 Å². The van der Waals surface area contributed by atoms with E-state index in [9.17, 15) is 0 Å². The van der Waals surface area contributed by atoms with Crippen LogP contribution in [0, 0.1) is 11.8 Å². The van der Waals surface area contributed by atoms with Gasteiger partial charge in [-0.3, -0.25) is 0 Å². The van der Waals surface area contributed by atoms with Gasteiger partial charge < -0.3 is 0 Å². The lowest BCUT2D eigenvalue weighted by Gasteiger charge is -2.46. The third-order valence-electron chi connectivity index (χ3n) is 2.66. The second-order valence-electron chi connectivity index (χ2n) is 3.13. The van der Waals surface area contributed by atoms with E-state index < -0.39 is 0 Å². The normalized spacial score (nSPS) is 52.9. The summed E-state index contributed by atoms with van der Waals surface area (Å²) in [6.07, 6.45) is 6.01. The van der Waals surface area contributed by atoms with Gasteiger partial charge in [0.25, 0.3) is 0 Å². The van der Waals surface area contributed by atoms with Crippen LogP contribution in [0.5, 0.6) is 0 Å². The topological polar surface area (TPSA) is 0 Å². The first kappa shape index (κ1) is 5.28. The molecule has 3 fully saturated rings. The number of rotatable bonds is 0. The molecule has 0 radical (unpaired) electrons. The van der Waals surface area contributed by atoms with Crippen LogP contribution in [0.3, 0.4) is 0 Å². The maximum Gasteiger partial charge on any atom is 0.0202 e. The lowest BCUT2D eigenvalue weighted by Crippen LogP contribution is -2.40. The molecule has 2 unspecified atom stereocenters. The minimum absolute atomic E-state index is 0.913. The van der Waals surface area contributed by atoms with Gasteiger partial charge in [-0.05, 0) is 31.1 Å². The first-order valence-electron chi connectivity index (χ1n) is 3.52. The number of fused-ring (bicyclic) bond motifs is 2.